The van der Waals surface area contributed by atoms with Gasteiger partial charge in [-0.15, -0.1) is 0 Å². The van der Waals surface area contributed by atoms with Gasteiger partial charge in [0.15, 0.2) is 10.9 Å². The summed E-state index contributed by atoms with van der Waals surface area (Å²) in [5.74, 6) is 0.164. The summed E-state index contributed by atoms with van der Waals surface area (Å²) in [7, 11) is 0. The van der Waals surface area contributed by atoms with Crippen molar-refractivity contribution in [2.45, 2.75) is 52.2 Å². The SMILES string of the molecule is CC(=O)c1sc(NC2CCCN(C(=O)OC(C)(C)C)C2)nc1N. The Hall–Kier alpha value is -1.83. The Morgan fingerprint density at radius 1 is 1.43 bits per heavy atom. The summed E-state index contributed by atoms with van der Waals surface area (Å²) >= 11 is 1.25. The second kappa shape index (κ2) is 6.74. The number of aromatic nitrogens is 1. The number of ether oxygens (including phenoxy) is 1. The number of likely N-dealkylation sites (tertiary alicyclic amines) is 1. The number of anilines is 2. The van der Waals surface area contributed by atoms with Crippen LogP contribution >= 0.6 is 11.3 Å². The summed E-state index contributed by atoms with van der Waals surface area (Å²) in [6.45, 7) is 8.26. The van der Waals surface area contributed by atoms with Gasteiger partial charge in [-0.1, -0.05) is 11.3 Å². The van der Waals surface area contributed by atoms with Gasteiger partial charge < -0.3 is 20.7 Å². The van der Waals surface area contributed by atoms with Crippen LogP contribution in [0.4, 0.5) is 15.7 Å². The highest BCUT2D eigenvalue weighted by molar-refractivity contribution is 7.18. The number of hydrogen-bond acceptors (Lipinski definition) is 7. The molecule has 1 fully saturated rings. The number of piperidine rings is 1. The lowest BCUT2D eigenvalue weighted by molar-refractivity contribution is 0.0206. The van der Waals surface area contributed by atoms with Gasteiger partial charge in [0.2, 0.25) is 0 Å². The van der Waals surface area contributed by atoms with Crippen molar-refractivity contribution in [3.05, 3.63) is 4.88 Å². The minimum atomic E-state index is -0.502. The molecule has 0 aliphatic carbocycles. The highest BCUT2D eigenvalue weighted by atomic mass is 32.1. The molecule has 0 spiro atoms. The number of rotatable bonds is 3. The van der Waals surface area contributed by atoms with E-state index in [1.165, 1.54) is 18.3 Å². The maximum atomic E-state index is 12.2. The van der Waals surface area contributed by atoms with Crippen LogP contribution in [0.5, 0.6) is 0 Å². The molecule has 1 aliphatic rings. The Balaban J connectivity index is 1.97. The lowest BCUT2D eigenvalue weighted by Gasteiger charge is -2.34. The Bertz CT molecular complexity index is 594. The summed E-state index contributed by atoms with van der Waals surface area (Å²) in [4.78, 5) is 30.0. The molecular formula is C15H24N4O3S. The highest BCUT2D eigenvalue weighted by Crippen LogP contribution is 2.27. The minimum Gasteiger partial charge on any atom is -0.444 e. The summed E-state index contributed by atoms with van der Waals surface area (Å²) < 4.78 is 5.41. The van der Waals surface area contributed by atoms with Gasteiger partial charge >= 0.3 is 6.09 Å². The molecule has 1 amide bonds. The number of nitrogens with two attached hydrogens (primary N) is 1. The number of nitrogens with zero attached hydrogens (tertiary/aromatic N) is 2. The summed E-state index contributed by atoms with van der Waals surface area (Å²) in [6, 6.07) is 0.0710. The Morgan fingerprint density at radius 2 is 2.13 bits per heavy atom. The lowest BCUT2D eigenvalue weighted by atomic mass is 10.1. The van der Waals surface area contributed by atoms with Crippen molar-refractivity contribution in [2.24, 2.45) is 0 Å². The summed E-state index contributed by atoms with van der Waals surface area (Å²) in [5, 5.41) is 3.88. The summed E-state index contributed by atoms with van der Waals surface area (Å²) in [5.41, 5.74) is 5.24. The zero-order valence-electron chi connectivity index (χ0n) is 14.0. The van der Waals surface area contributed by atoms with Gasteiger partial charge in [-0.25, -0.2) is 9.78 Å². The van der Waals surface area contributed by atoms with E-state index in [0.29, 0.717) is 23.1 Å². The minimum absolute atomic E-state index is 0.0710. The molecule has 0 saturated carbocycles. The van der Waals surface area contributed by atoms with E-state index in [-0.39, 0.29) is 23.7 Å². The first-order valence-electron chi connectivity index (χ1n) is 7.67. The molecule has 1 atom stereocenters. The van der Waals surface area contributed by atoms with Crippen LogP contribution in [-0.2, 0) is 4.74 Å². The molecule has 0 bridgehead atoms. The van der Waals surface area contributed by atoms with Crippen molar-refractivity contribution in [1.29, 1.82) is 0 Å². The molecule has 1 aromatic rings. The number of hydrogen-bond donors (Lipinski definition) is 2. The normalized spacial score (nSPS) is 18.6. The molecular weight excluding hydrogens is 316 g/mol. The molecule has 1 aliphatic heterocycles. The van der Waals surface area contributed by atoms with Gasteiger partial charge in [0.25, 0.3) is 0 Å². The number of nitrogens with one attached hydrogen (secondary N) is 1. The molecule has 2 rings (SSSR count). The fraction of sp³-hybridized carbons (Fsp3) is 0.667. The summed E-state index contributed by atoms with van der Waals surface area (Å²) in [6.07, 6.45) is 1.51. The van der Waals surface area contributed by atoms with Gasteiger partial charge in [0, 0.05) is 26.1 Å². The molecule has 2 heterocycles. The molecule has 8 heteroatoms. The third-order valence-electron chi connectivity index (χ3n) is 3.37. The molecule has 3 N–H and O–H groups in total. The third-order valence-corrected chi connectivity index (χ3v) is 4.48. The first kappa shape index (κ1) is 17.5. The predicted octanol–water partition coefficient (Wildman–Crippen LogP) is 2.74. The van der Waals surface area contributed by atoms with Crippen LogP contribution in [0.15, 0.2) is 0 Å². The van der Waals surface area contributed by atoms with Crippen molar-refractivity contribution in [1.82, 2.24) is 9.88 Å². The maximum absolute atomic E-state index is 12.2. The van der Waals surface area contributed by atoms with Crippen molar-refractivity contribution < 1.29 is 14.3 Å². The zero-order chi connectivity index (χ0) is 17.2. The smallest absolute Gasteiger partial charge is 0.410 e. The average molecular weight is 340 g/mol. The van der Waals surface area contributed by atoms with E-state index in [2.05, 4.69) is 10.3 Å². The third kappa shape index (κ3) is 4.82. The number of ketones is 1. The first-order chi connectivity index (χ1) is 10.7. The van der Waals surface area contributed by atoms with Crippen LogP contribution in [0, 0.1) is 0 Å². The van der Waals surface area contributed by atoms with E-state index in [0.717, 1.165) is 12.8 Å². The van der Waals surface area contributed by atoms with Crippen LogP contribution in [0.2, 0.25) is 0 Å². The van der Waals surface area contributed by atoms with Crippen molar-refractivity contribution in [2.75, 3.05) is 24.1 Å². The molecule has 128 valence electrons. The molecule has 0 aromatic carbocycles. The van der Waals surface area contributed by atoms with Crippen LogP contribution in [0.1, 0.15) is 50.2 Å². The van der Waals surface area contributed by atoms with Crippen LogP contribution in [0.3, 0.4) is 0 Å². The van der Waals surface area contributed by atoms with Crippen molar-refractivity contribution >= 4 is 34.2 Å². The van der Waals surface area contributed by atoms with Gasteiger partial charge in [0.1, 0.15) is 16.3 Å². The molecule has 1 aromatic heterocycles. The number of carbonyl (C=O) groups is 2. The fourth-order valence-corrected chi connectivity index (χ4v) is 3.26. The van der Waals surface area contributed by atoms with E-state index in [9.17, 15) is 9.59 Å². The molecule has 23 heavy (non-hydrogen) atoms. The Labute approximate surface area is 140 Å². The standard InChI is InChI=1S/C15H24N4O3S/c1-9(20)11-12(16)18-13(23-11)17-10-6-5-7-19(8-10)14(21)22-15(2,3)4/h10H,5-8,16H2,1-4H3,(H,17,18). The zero-order valence-corrected chi connectivity index (χ0v) is 14.8. The monoisotopic (exact) mass is 340 g/mol. The largest absolute Gasteiger partial charge is 0.444 e. The Morgan fingerprint density at radius 3 is 2.70 bits per heavy atom. The molecule has 1 unspecified atom stereocenters. The first-order valence-corrected chi connectivity index (χ1v) is 8.49. The van der Waals surface area contributed by atoms with Gasteiger partial charge in [0.05, 0.1) is 0 Å². The molecule has 1 saturated heterocycles. The van der Waals surface area contributed by atoms with Crippen molar-refractivity contribution in [3.63, 3.8) is 0 Å². The predicted molar refractivity (Wildman–Crippen MR) is 91.0 cm³/mol. The molecule has 0 radical (unpaired) electrons. The fourth-order valence-electron chi connectivity index (χ4n) is 2.41. The highest BCUT2D eigenvalue weighted by Gasteiger charge is 2.28. The number of thiazole rings is 1. The van der Waals surface area contributed by atoms with Crippen molar-refractivity contribution in [3.8, 4) is 0 Å². The number of Topliss-reactive ketones (excluding diaryl/α,β-unsaturated/α-hetero) is 1. The average Bonchev–Trinajstić information content (AvgIpc) is 2.78. The van der Waals surface area contributed by atoms with E-state index in [1.807, 2.05) is 20.8 Å². The van der Waals surface area contributed by atoms with E-state index >= 15 is 0 Å². The number of carbonyl (C=O) groups excluding carboxylic acids is 2. The Kier molecular flexibility index (Phi) is 5.13. The molecule has 7 nitrogen and oxygen atoms in total. The number of amides is 1. The topological polar surface area (TPSA) is 97.5 Å². The van der Waals surface area contributed by atoms with Crippen LogP contribution in [-0.4, -0.2) is 46.5 Å². The lowest BCUT2D eigenvalue weighted by Crippen LogP contribution is -2.46. The maximum Gasteiger partial charge on any atom is 0.410 e. The second-order valence-electron chi connectivity index (χ2n) is 6.70. The second-order valence-corrected chi connectivity index (χ2v) is 7.70. The number of nitrogen functional groups attached to an aromatic ring is 1. The van der Waals surface area contributed by atoms with E-state index < -0.39 is 5.60 Å². The van der Waals surface area contributed by atoms with E-state index in [1.54, 1.807) is 4.90 Å². The van der Waals surface area contributed by atoms with E-state index in [4.69, 9.17) is 10.5 Å². The van der Waals surface area contributed by atoms with Crippen LogP contribution < -0.4 is 11.1 Å². The quantitative estimate of drug-likeness (QED) is 0.821. The van der Waals surface area contributed by atoms with Gasteiger partial charge in [-0.05, 0) is 33.6 Å². The van der Waals surface area contributed by atoms with Gasteiger partial charge in [-0.3, -0.25) is 4.79 Å². The van der Waals surface area contributed by atoms with Crippen LogP contribution in [0.25, 0.3) is 0 Å². The van der Waals surface area contributed by atoms with Gasteiger partial charge in [-0.2, -0.15) is 0 Å².